The van der Waals surface area contributed by atoms with E-state index in [2.05, 4.69) is 19.2 Å². The second-order valence-electron chi connectivity index (χ2n) is 5.95. The number of halogens is 1. The second-order valence-corrected chi connectivity index (χ2v) is 5.95. The Balaban J connectivity index is 2.17. The molecule has 0 spiro atoms. The van der Waals surface area contributed by atoms with Crippen molar-refractivity contribution >= 4 is 11.9 Å². The Bertz CT molecular complexity index is 708. The molecular formula is C19H20FNO3. The van der Waals surface area contributed by atoms with Crippen molar-refractivity contribution in [3.8, 4) is 0 Å². The largest absolute Gasteiger partial charge is 0.481 e. The lowest BCUT2D eigenvalue weighted by Gasteiger charge is -2.18. The maximum absolute atomic E-state index is 13.0. The third-order valence-electron chi connectivity index (χ3n) is 3.80. The lowest BCUT2D eigenvalue weighted by molar-refractivity contribution is -0.137. The van der Waals surface area contributed by atoms with E-state index in [4.69, 9.17) is 5.11 Å². The highest BCUT2D eigenvalue weighted by molar-refractivity contribution is 5.94. The number of carboxylic acids is 1. The van der Waals surface area contributed by atoms with Gasteiger partial charge in [0.05, 0.1) is 12.5 Å². The number of hydrogen-bond donors (Lipinski definition) is 2. The van der Waals surface area contributed by atoms with Crippen molar-refractivity contribution in [2.24, 2.45) is 0 Å². The third-order valence-corrected chi connectivity index (χ3v) is 3.80. The van der Waals surface area contributed by atoms with Gasteiger partial charge in [0, 0.05) is 5.56 Å². The molecule has 0 saturated heterocycles. The molecule has 0 aliphatic heterocycles. The highest BCUT2D eigenvalue weighted by Crippen LogP contribution is 2.19. The van der Waals surface area contributed by atoms with E-state index in [1.165, 1.54) is 24.3 Å². The quantitative estimate of drug-likeness (QED) is 0.845. The normalized spacial score (nSPS) is 12.0. The fraction of sp³-hybridized carbons (Fsp3) is 0.263. The zero-order chi connectivity index (χ0) is 17.7. The van der Waals surface area contributed by atoms with E-state index >= 15 is 0 Å². The Morgan fingerprint density at radius 3 is 2.04 bits per heavy atom. The molecule has 0 radical (unpaired) electrons. The first kappa shape index (κ1) is 17.7. The first-order valence-corrected chi connectivity index (χ1v) is 7.75. The van der Waals surface area contributed by atoms with E-state index in [9.17, 15) is 14.0 Å². The fourth-order valence-electron chi connectivity index (χ4n) is 2.38. The summed E-state index contributed by atoms with van der Waals surface area (Å²) in [5.74, 6) is -1.45. The van der Waals surface area contributed by atoms with Crippen LogP contribution in [-0.2, 0) is 4.79 Å². The van der Waals surface area contributed by atoms with Gasteiger partial charge in [0.25, 0.3) is 5.91 Å². The summed E-state index contributed by atoms with van der Waals surface area (Å²) < 4.78 is 13.0. The summed E-state index contributed by atoms with van der Waals surface area (Å²) in [6.07, 6.45) is -0.276. The Kier molecular flexibility index (Phi) is 5.68. The van der Waals surface area contributed by atoms with Gasteiger partial charge in [-0.05, 0) is 41.3 Å². The van der Waals surface area contributed by atoms with Gasteiger partial charge in [-0.15, -0.1) is 0 Å². The van der Waals surface area contributed by atoms with Crippen molar-refractivity contribution in [3.05, 3.63) is 71.0 Å². The summed E-state index contributed by atoms with van der Waals surface area (Å²) in [7, 11) is 0. The smallest absolute Gasteiger partial charge is 0.305 e. The molecule has 1 unspecified atom stereocenters. The molecule has 5 heteroatoms. The third kappa shape index (κ3) is 4.65. The molecule has 1 atom stereocenters. The summed E-state index contributed by atoms with van der Waals surface area (Å²) in [6, 6.07) is 11.9. The standard InChI is InChI=1S/C19H20FNO3/c1-12(2)13-3-5-15(6-4-13)19(24)21-17(11-18(22)23)14-7-9-16(20)10-8-14/h3-10,12,17H,11H2,1-2H3,(H,21,24)(H,22,23). The predicted octanol–water partition coefficient (Wildman–Crippen LogP) is 3.89. The maximum Gasteiger partial charge on any atom is 0.305 e. The molecule has 0 bridgehead atoms. The molecule has 0 heterocycles. The van der Waals surface area contributed by atoms with Gasteiger partial charge >= 0.3 is 5.97 Å². The molecule has 0 fully saturated rings. The molecule has 0 aliphatic rings. The van der Waals surface area contributed by atoms with E-state index in [0.29, 0.717) is 17.0 Å². The van der Waals surface area contributed by atoms with E-state index in [-0.39, 0.29) is 12.3 Å². The molecule has 2 aromatic rings. The van der Waals surface area contributed by atoms with Crippen molar-refractivity contribution in [3.63, 3.8) is 0 Å². The lowest BCUT2D eigenvalue weighted by Crippen LogP contribution is -2.30. The number of aliphatic carboxylic acids is 1. The minimum absolute atomic E-state index is 0.276. The van der Waals surface area contributed by atoms with Gasteiger partial charge in [0.15, 0.2) is 0 Å². The molecule has 0 saturated carbocycles. The first-order valence-electron chi connectivity index (χ1n) is 7.75. The van der Waals surface area contributed by atoms with Gasteiger partial charge in [-0.1, -0.05) is 38.1 Å². The van der Waals surface area contributed by atoms with Crippen LogP contribution in [0.1, 0.15) is 53.7 Å². The van der Waals surface area contributed by atoms with Crippen molar-refractivity contribution < 1.29 is 19.1 Å². The zero-order valence-electron chi connectivity index (χ0n) is 13.6. The number of amides is 1. The Morgan fingerprint density at radius 2 is 1.54 bits per heavy atom. The van der Waals surface area contributed by atoms with Gasteiger partial charge in [-0.2, -0.15) is 0 Å². The van der Waals surface area contributed by atoms with E-state index in [0.717, 1.165) is 5.56 Å². The summed E-state index contributed by atoms with van der Waals surface area (Å²) in [5.41, 5.74) is 2.12. The van der Waals surface area contributed by atoms with Crippen LogP contribution in [0, 0.1) is 5.82 Å². The van der Waals surface area contributed by atoms with Crippen LogP contribution in [-0.4, -0.2) is 17.0 Å². The molecule has 126 valence electrons. The van der Waals surface area contributed by atoms with Crippen LogP contribution in [0.3, 0.4) is 0 Å². The van der Waals surface area contributed by atoms with Gasteiger partial charge in [0.2, 0.25) is 0 Å². The van der Waals surface area contributed by atoms with Crippen molar-refractivity contribution in [1.82, 2.24) is 5.32 Å². The van der Waals surface area contributed by atoms with Crippen LogP contribution in [0.5, 0.6) is 0 Å². The second kappa shape index (κ2) is 7.73. The Hall–Kier alpha value is -2.69. The first-order chi connectivity index (χ1) is 11.4. The summed E-state index contributed by atoms with van der Waals surface area (Å²) in [4.78, 5) is 23.4. The highest BCUT2D eigenvalue weighted by Gasteiger charge is 2.19. The number of benzene rings is 2. The highest BCUT2D eigenvalue weighted by atomic mass is 19.1. The van der Waals surface area contributed by atoms with Crippen LogP contribution < -0.4 is 5.32 Å². The number of hydrogen-bond acceptors (Lipinski definition) is 2. The Labute approximate surface area is 140 Å². The topological polar surface area (TPSA) is 66.4 Å². The number of carbonyl (C=O) groups excluding carboxylic acids is 1. The maximum atomic E-state index is 13.0. The molecular weight excluding hydrogens is 309 g/mol. The number of nitrogens with one attached hydrogen (secondary N) is 1. The molecule has 2 aromatic carbocycles. The molecule has 0 aliphatic carbocycles. The van der Waals surface area contributed by atoms with Gasteiger partial charge in [-0.3, -0.25) is 9.59 Å². The van der Waals surface area contributed by atoms with Crippen LogP contribution in [0.4, 0.5) is 4.39 Å². The van der Waals surface area contributed by atoms with Gasteiger partial charge < -0.3 is 10.4 Å². The van der Waals surface area contributed by atoms with Crippen LogP contribution in [0.15, 0.2) is 48.5 Å². The van der Waals surface area contributed by atoms with Crippen molar-refractivity contribution in [1.29, 1.82) is 0 Å². The van der Waals surface area contributed by atoms with E-state index in [1.807, 2.05) is 12.1 Å². The summed E-state index contributed by atoms with van der Waals surface area (Å²) in [5, 5.41) is 11.8. The Morgan fingerprint density at radius 1 is 1.00 bits per heavy atom. The fourth-order valence-corrected chi connectivity index (χ4v) is 2.38. The van der Waals surface area contributed by atoms with E-state index < -0.39 is 17.8 Å². The SMILES string of the molecule is CC(C)c1ccc(C(=O)NC(CC(=O)O)c2ccc(F)cc2)cc1. The van der Waals surface area contributed by atoms with Gasteiger partial charge in [0.1, 0.15) is 5.82 Å². The molecule has 1 amide bonds. The molecule has 4 nitrogen and oxygen atoms in total. The summed E-state index contributed by atoms with van der Waals surface area (Å²) in [6.45, 7) is 4.12. The van der Waals surface area contributed by atoms with Gasteiger partial charge in [-0.25, -0.2) is 4.39 Å². The lowest BCUT2D eigenvalue weighted by atomic mass is 10.0. The van der Waals surface area contributed by atoms with Crippen LogP contribution in [0.2, 0.25) is 0 Å². The zero-order valence-corrected chi connectivity index (χ0v) is 13.6. The minimum Gasteiger partial charge on any atom is -0.481 e. The molecule has 2 rings (SSSR count). The summed E-state index contributed by atoms with van der Waals surface area (Å²) >= 11 is 0. The number of rotatable bonds is 6. The van der Waals surface area contributed by atoms with Crippen LogP contribution in [0.25, 0.3) is 0 Å². The van der Waals surface area contributed by atoms with Crippen molar-refractivity contribution in [2.45, 2.75) is 32.2 Å². The monoisotopic (exact) mass is 329 g/mol. The van der Waals surface area contributed by atoms with E-state index in [1.54, 1.807) is 12.1 Å². The average Bonchev–Trinajstić information content (AvgIpc) is 2.54. The number of carbonyl (C=O) groups is 2. The molecule has 24 heavy (non-hydrogen) atoms. The van der Waals surface area contributed by atoms with Crippen LogP contribution >= 0.6 is 0 Å². The predicted molar refractivity (Wildman–Crippen MR) is 89.4 cm³/mol. The molecule has 0 aromatic heterocycles. The van der Waals surface area contributed by atoms with Crippen molar-refractivity contribution in [2.75, 3.05) is 0 Å². The molecule has 2 N–H and O–H groups in total. The average molecular weight is 329 g/mol. The number of carboxylic acid groups (broad SMARTS) is 1. The minimum atomic E-state index is -1.04.